The van der Waals surface area contributed by atoms with Crippen LogP contribution < -0.4 is 0 Å². The molecule has 0 fully saturated rings. The maximum atomic E-state index is 8.65. The van der Waals surface area contributed by atoms with E-state index in [1.807, 2.05) is 24.3 Å². The van der Waals surface area contributed by atoms with Crippen molar-refractivity contribution in [3.05, 3.63) is 36.3 Å². The summed E-state index contributed by atoms with van der Waals surface area (Å²) in [5.41, 5.74) is 2.03. The standard InChI is InChI=1S/C12H11N3S/c1-2-16-12-14-10-6-3-4-7-11(10)15(12)9-5-8-13/h2-4,6-7H,1,5,9H2. The van der Waals surface area contributed by atoms with Crippen LogP contribution in [0.2, 0.25) is 0 Å². The molecule has 0 amide bonds. The topological polar surface area (TPSA) is 41.6 Å². The van der Waals surface area contributed by atoms with Crippen LogP contribution in [0.1, 0.15) is 6.42 Å². The average Bonchev–Trinajstić information content (AvgIpc) is 2.65. The van der Waals surface area contributed by atoms with Gasteiger partial charge in [-0.1, -0.05) is 30.5 Å². The fourth-order valence-electron chi connectivity index (χ4n) is 1.60. The van der Waals surface area contributed by atoms with E-state index in [0.717, 1.165) is 16.2 Å². The average molecular weight is 229 g/mol. The molecule has 2 rings (SSSR count). The van der Waals surface area contributed by atoms with Gasteiger partial charge in [-0.25, -0.2) is 4.98 Å². The molecule has 0 saturated heterocycles. The predicted octanol–water partition coefficient (Wildman–Crippen LogP) is 3.19. The molecule has 0 bridgehead atoms. The van der Waals surface area contributed by atoms with Crippen LogP contribution in [0.4, 0.5) is 0 Å². The Balaban J connectivity index is 2.51. The maximum Gasteiger partial charge on any atom is 0.173 e. The van der Waals surface area contributed by atoms with Crippen LogP contribution in [-0.4, -0.2) is 9.55 Å². The van der Waals surface area contributed by atoms with Crippen LogP contribution in [0, 0.1) is 11.3 Å². The van der Waals surface area contributed by atoms with Gasteiger partial charge in [-0.05, 0) is 17.5 Å². The van der Waals surface area contributed by atoms with E-state index in [2.05, 4.69) is 22.2 Å². The molecule has 1 heterocycles. The lowest BCUT2D eigenvalue weighted by molar-refractivity contribution is 0.668. The van der Waals surface area contributed by atoms with E-state index in [1.165, 1.54) is 11.8 Å². The van der Waals surface area contributed by atoms with Gasteiger partial charge in [0.15, 0.2) is 5.16 Å². The third kappa shape index (κ3) is 1.95. The second kappa shape index (κ2) is 4.86. The molecule has 3 nitrogen and oxygen atoms in total. The molecule has 0 N–H and O–H groups in total. The zero-order chi connectivity index (χ0) is 11.4. The number of para-hydroxylation sites is 2. The Morgan fingerprint density at radius 1 is 1.50 bits per heavy atom. The largest absolute Gasteiger partial charge is 0.318 e. The normalized spacial score (nSPS) is 10.2. The molecule has 2 aromatic rings. The van der Waals surface area contributed by atoms with Gasteiger partial charge in [0.1, 0.15) is 0 Å². The van der Waals surface area contributed by atoms with Gasteiger partial charge in [-0.15, -0.1) is 0 Å². The summed E-state index contributed by atoms with van der Waals surface area (Å²) < 4.78 is 2.06. The number of imidazole rings is 1. The second-order valence-electron chi connectivity index (χ2n) is 3.23. The minimum atomic E-state index is 0.491. The van der Waals surface area contributed by atoms with E-state index < -0.39 is 0 Å². The Morgan fingerprint density at radius 2 is 2.31 bits per heavy atom. The van der Waals surface area contributed by atoms with E-state index >= 15 is 0 Å². The van der Waals surface area contributed by atoms with Crippen molar-refractivity contribution in [1.82, 2.24) is 9.55 Å². The molecule has 0 aliphatic carbocycles. The van der Waals surface area contributed by atoms with Crippen LogP contribution in [0.5, 0.6) is 0 Å². The van der Waals surface area contributed by atoms with Gasteiger partial charge in [-0.3, -0.25) is 0 Å². The van der Waals surface area contributed by atoms with Gasteiger partial charge < -0.3 is 4.57 Å². The van der Waals surface area contributed by atoms with Crippen LogP contribution in [0.25, 0.3) is 11.0 Å². The smallest absolute Gasteiger partial charge is 0.173 e. The fraction of sp³-hybridized carbons (Fsp3) is 0.167. The minimum Gasteiger partial charge on any atom is -0.318 e. The zero-order valence-electron chi connectivity index (χ0n) is 8.76. The molecule has 0 atom stereocenters. The Kier molecular flexibility index (Phi) is 3.28. The molecule has 1 aromatic heterocycles. The number of aromatic nitrogens is 2. The highest BCUT2D eigenvalue weighted by atomic mass is 32.2. The van der Waals surface area contributed by atoms with E-state index in [4.69, 9.17) is 5.26 Å². The summed E-state index contributed by atoms with van der Waals surface area (Å²) >= 11 is 1.48. The summed E-state index contributed by atoms with van der Waals surface area (Å²) in [6.45, 7) is 4.37. The summed E-state index contributed by atoms with van der Waals surface area (Å²) in [4.78, 5) is 4.50. The van der Waals surface area contributed by atoms with Gasteiger partial charge in [0, 0.05) is 6.54 Å². The van der Waals surface area contributed by atoms with Crippen LogP contribution in [0.15, 0.2) is 41.4 Å². The molecular weight excluding hydrogens is 218 g/mol. The molecule has 0 saturated carbocycles. The van der Waals surface area contributed by atoms with Crippen LogP contribution >= 0.6 is 11.8 Å². The highest BCUT2D eigenvalue weighted by Crippen LogP contribution is 2.24. The molecule has 80 valence electrons. The van der Waals surface area contributed by atoms with Crippen molar-refractivity contribution < 1.29 is 0 Å². The van der Waals surface area contributed by atoms with Crippen molar-refractivity contribution >= 4 is 22.8 Å². The number of benzene rings is 1. The van der Waals surface area contributed by atoms with Gasteiger partial charge in [0.2, 0.25) is 0 Å². The second-order valence-corrected chi connectivity index (χ2v) is 4.16. The quantitative estimate of drug-likeness (QED) is 0.756. The molecule has 0 aliphatic rings. The number of hydrogen-bond acceptors (Lipinski definition) is 3. The number of thioether (sulfide) groups is 1. The van der Waals surface area contributed by atoms with Crippen LogP contribution in [-0.2, 0) is 6.54 Å². The molecule has 16 heavy (non-hydrogen) atoms. The lowest BCUT2D eigenvalue weighted by Crippen LogP contribution is -1.98. The van der Waals surface area contributed by atoms with Gasteiger partial charge in [0.25, 0.3) is 0 Å². The van der Waals surface area contributed by atoms with E-state index in [1.54, 1.807) is 5.41 Å². The van der Waals surface area contributed by atoms with Gasteiger partial charge >= 0.3 is 0 Å². The Morgan fingerprint density at radius 3 is 3.06 bits per heavy atom. The fourth-order valence-corrected chi connectivity index (χ4v) is 2.21. The number of rotatable bonds is 4. The van der Waals surface area contributed by atoms with E-state index in [0.29, 0.717) is 13.0 Å². The monoisotopic (exact) mass is 229 g/mol. The maximum absolute atomic E-state index is 8.65. The first-order valence-corrected chi connectivity index (χ1v) is 5.84. The summed E-state index contributed by atoms with van der Waals surface area (Å²) in [5.74, 6) is 0. The van der Waals surface area contributed by atoms with Crippen molar-refractivity contribution in [2.75, 3.05) is 0 Å². The summed E-state index contributed by atoms with van der Waals surface area (Å²) in [6, 6.07) is 10.1. The minimum absolute atomic E-state index is 0.491. The zero-order valence-corrected chi connectivity index (χ0v) is 9.57. The molecule has 0 unspecified atom stereocenters. The third-order valence-electron chi connectivity index (χ3n) is 2.26. The predicted molar refractivity (Wildman–Crippen MR) is 66.0 cm³/mol. The number of nitriles is 1. The number of hydrogen-bond donors (Lipinski definition) is 0. The van der Waals surface area contributed by atoms with E-state index in [9.17, 15) is 0 Å². The molecule has 1 aromatic carbocycles. The highest BCUT2D eigenvalue weighted by Gasteiger charge is 2.08. The first-order chi connectivity index (χ1) is 7.86. The van der Waals surface area contributed by atoms with Crippen molar-refractivity contribution in [2.24, 2.45) is 0 Å². The number of aryl methyl sites for hydroxylation is 1. The Bertz CT molecular complexity index is 551. The summed E-state index contributed by atoms with van der Waals surface area (Å²) in [6.07, 6.45) is 0.491. The molecule has 0 aliphatic heterocycles. The Labute approximate surface area is 98.4 Å². The molecule has 0 radical (unpaired) electrons. The molecule has 4 heteroatoms. The van der Waals surface area contributed by atoms with Crippen molar-refractivity contribution in [3.8, 4) is 6.07 Å². The first-order valence-electron chi connectivity index (χ1n) is 4.96. The SMILES string of the molecule is C=CSc1nc2ccccc2n1CCC#N. The van der Waals surface area contributed by atoms with Crippen LogP contribution in [0.3, 0.4) is 0 Å². The van der Waals surface area contributed by atoms with Crippen molar-refractivity contribution in [2.45, 2.75) is 18.1 Å². The number of nitrogens with zero attached hydrogens (tertiary/aromatic N) is 3. The van der Waals surface area contributed by atoms with Crippen molar-refractivity contribution in [1.29, 1.82) is 5.26 Å². The third-order valence-corrected chi connectivity index (χ3v) is 2.94. The Hall–Kier alpha value is -1.73. The summed E-state index contributed by atoms with van der Waals surface area (Å²) in [5, 5.41) is 11.3. The lowest BCUT2D eigenvalue weighted by atomic mass is 10.3. The van der Waals surface area contributed by atoms with Gasteiger partial charge in [0.05, 0.1) is 23.5 Å². The van der Waals surface area contributed by atoms with Gasteiger partial charge in [-0.2, -0.15) is 5.26 Å². The molecular formula is C12H11N3S. The summed E-state index contributed by atoms with van der Waals surface area (Å²) in [7, 11) is 0. The number of fused-ring (bicyclic) bond motifs is 1. The molecule has 0 spiro atoms. The lowest BCUT2D eigenvalue weighted by Gasteiger charge is -2.03. The van der Waals surface area contributed by atoms with Crippen molar-refractivity contribution in [3.63, 3.8) is 0 Å². The highest BCUT2D eigenvalue weighted by molar-refractivity contribution is 8.02. The van der Waals surface area contributed by atoms with E-state index in [-0.39, 0.29) is 0 Å². The first kappa shape index (κ1) is 10.8.